The topological polar surface area (TPSA) is 12.0 Å². The smallest absolute Gasteiger partial charge is 0.128 e. The minimum atomic E-state index is -0.294. The minimum Gasteiger partial charge on any atom is -0.381 e. The van der Waals surface area contributed by atoms with E-state index < -0.39 is 0 Å². The van der Waals surface area contributed by atoms with E-state index in [1.165, 1.54) is 18.2 Å². The molecule has 2 rings (SSSR count). The second-order valence-corrected chi connectivity index (χ2v) is 4.96. The zero-order valence-corrected chi connectivity index (χ0v) is 11.4. The van der Waals surface area contributed by atoms with Crippen molar-refractivity contribution in [1.82, 2.24) is 0 Å². The van der Waals surface area contributed by atoms with Crippen molar-refractivity contribution in [3.8, 4) is 0 Å². The number of benzene rings is 2. The van der Waals surface area contributed by atoms with Crippen LogP contribution in [0.3, 0.4) is 0 Å². The lowest BCUT2D eigenvalue weighted by atomic mass is 10.1. The maximum atomic E-state index is 13.3. The molecule has 18 heavy (non-hydrogen) atoms. The van der Waals surface area contributed by atoms with E-state index in [9.17, 15) is 8.78 Å². The third kappa shape index (κ3) is 3.07. The Morgan fingerprint density at radius 3 is 2.67 bits per heavy atom. The molecule has 1 nitrogen and oxygen atoms in total. The van der Waals surface area contributed by atoms with Crippen molar-refractivity contribution in [3.05, 3.63) is 63.6 Å². The number of hydrogen-bond acceptors (Lipinski definition) is 1. The van der Waals surface area contributed by atoms with E-state index in [0.29, 0.717) is 16.6 Å². The van der Waals surface area contributed by atoms with E-state index in [2.05, 4.69) is 21.2 Å². The summed E-state index contributed by atoms with van der Waals surface area (Å²) in [4.78, 5) is 0. The fourth-order valence-corrected chi connectivity index (χ4v) is 2.22. The highest BCUT2D eigenvalue weighted by Gasteiger charge is 2.04. The van der Waals surface area contributed by atoms with Gasteiger partial charge in [0.25, 0.3) is 0 Å². The molecule has 0 atom stereocenters. The molecule has 0 aliphatic rings. The van der Waals surface area contributed by atoms with Crippen molar-refractivity contribution < 1.29 is 8.78 Å². The van der Waals surface area contributed by atoms with Gasteiger partial charge in [-0.3, -0.25) is 0 Å². The molecule has 0 heterocycles. The van der Waals surface area contributed by atoms with Crippen LogP contribution in [0.5, 0.6) is 0 Å². The standard InChI is InChI=1S/C14H12BrF2N/c1-9-13(17)3-2-4-14(9)18-8-10-5-11(15)7-12(16)6-10/h2-7,18H,8H2,1H3. The van der Waals surface area contributed by atoms with Crippen LogP contribution in [0.15, 0.2) is 40.9 Å². The summed E-state index contributed by atoms with van der Waals surface area (Å²) in [6.07, 6.45) is 0. The molecule has 0 radical (unpaired) electrons. The Labute approximate surface area is 113 Å². The number of halogens is 3. The zero-order chi connectivity index (χ0) is 13.1. The van der Waals surface area contributed by atoms with Gasteiger partial charge in [0.1, 0.15) is 11.6 Å². The van der Waals surface area contributed by atoms with Crippen LogP contribution in [0.4, 0.5) is 14.5 Å². The quantitative estimate of drug-likeness (QED) is 0.870. The summed E-state index contributed by atoms with van der Waals surface area (Å²) >= 11 is 3.24. The lowest BCUT2D eigenvalue weighted by Crippen LogP contribution is -2.02. The fourth-order valence-electron chi connectivity index (χ4n) is 1.71. The van der Waals surface area contributed by atoms with Crippen LogP contribution >= 0.6 is 15.9 Å². The monoisotopic (exact) mass is 311 g/mol. The molecular weight excluding hydrogens is 300 g/mol. The Morgan fingerprint density at radius 1 is 1.17 bits per heavy atom. The average molecular weight is 312 g/mol. The molecular formula is C14H12BrF2N. The zero-order valence-electron chi connectivity index (χ0n) is 9.81. The van der Waals surface area contributed by atoms with Gasteiger partial charge in [-0.05, 0) is 42.8 Å². The predicted octanol–water partition coefficient (Wildman–Crippen LogP) is 4.65. The van der Waals surface area contributed by atoms with Crippen molar-refractivity contribution in [3.63, 3.8) is 0 Å². The van der Waals surface area contributed by atoms with E-state index in [4.69, 9.17) is 0 Å². The first-order valence-electron chi connectivity index (χ1n) is 5.50. The van der Waals surface area contributed by atoms with Crippen LogP contribution in [0, 0.1) is 18.6 Å². The van der Waals surface area contributed by atoms with Crippen molar-refractivity contribution >= 4 is 21.6 Å². The van der Waals surface area contributed by atoms with Gasteiger partial charge < -0.3 is 5.32 Å². The van der Waals surface area contributed by atoms with E-state index in [0.717, 1.165) is 11.3 Å². The second-order valence-electron chi connectivity index (χ2n) is 4.04. The van der Waals surface area contributed by atoms with Gasteiger partial charge >= 0.3 is 0 Å². The van der Waals surface area contributed by atoms with Crippen LogP contribution in [-0.2, 0) is 6.54 Å². The summed E-state index contributed by atoms with van der Waals surface area (Å²) in [6, 6.07) is 9.53. The van der Waals surface area contributed by atoms with Crippen molar-refractivity contribution in [2.45, 2.75) is 13.5 Å². The van der Waals surface area contributed by atoms with Crippen LogP contribution in [-0.4, -0.2) is 0 Å². The van der Waals surface area contributed by atoms with Gasteiger partial charge in [0.2, 0.25) is 0 Å². The SMILES string of the molecule is Cc1c(F)cccc1NCc1cc(F)cc(Br)c1. The molecule has 0 unspecified atom stereocenters. The highest BCUT2D eigenvalue weighted by molar-refractivity contribution is 9.10. The average Bonchev–Trinajstić information content (AvgIpc) is 2.30. The molecule has 2 aromatic rings. The highest BCUT2D eigenvalue weighted by Crippen LogP contribution is 2.20. The Hall–Kier alpha value is -1.42. The van der Waals surface area contributed by atoms with Crippen LogP contribution < -0.4 is 5.32 Å². The van der Waals surface area contributed by atoms with E-state index in [-0.39, 0.29) is 11.6 Å². The Morgan fingerprint density at radius 2 is 1.94 bits per heavy atom. The van der Waals surface area contributed by atoms with Gasteiger partial charge in [0, 0.05) is 22.3 Å². The molecule has 94 valence electrons. The molecule has 2 aromatic carbocycles. The summed E-state index contributed by atoms with van der Waals surface area (Å²) in [5, 5.41) is 3.10. The summed E-state index contributed by atoms with van der Waals surface area (Å²) in [7, 11) is 0. The van der Waals surface area contributed by atoms with Crippen LogP contribution in [0.25, 0.3) is 0 Å². The first-order valence-corrected chi connectivity index (χ1v) is 6.29. The van der Waals surface area contributed by atoms with Gasteiger partial charge in [0.05, 0.1) is 0 Å². The maximum Gasteiger partial charge on any atom is 0.128 e. The third-order valence-corrected chi connectivity index (χ3v) is 3.13. The Balaban J connectivity index is 2.14. The molecule has 0 saturated heterocycles. The molecule has 0 spiro atoms. The predicted molar refractivity (Wildman–Crippen MR) is 72.6 cm³/mol. The third-order valence-electron chi connectivity index (χ3n) is 2.67. The number of rotatable bonds is 3. The largest absolute Gasteiger partial charge is 0.381 e. The van der Waals surface area contributed by atoms with Crippen molar-refractivity contribution in [2.75, 3.05) is 5.32 Å². The van der Waals surface area contributed by atoms with Gasteiger partial charge in [0.15, 0.2) is 0 Å². The van der Waals surface area contributed by atoms with Crippen LogP contribution in [0.2, 0.25) is 0 Å². The molecule has 0 fully saturated rings. The highest BCUT2D eigenvalue weighted by atomic mass is 79.9. The van der Waals surface area contributed by atoms with E-state index >= 15 is 0 Å². The first-order chi connectivity index (χ1) is 8.56. The lowest BCUT2D eigenvalue weighted by molar-refractivity contribution is 0.618. The maximum absolute atomic E-state index is 13.3. The summed E-state index contributed by atoms with van der Waals surface area (Å²) in [5.74, 6) is -0.544. The fraction of sp³-hybridized carbons (Fsp3) is 0.143. The first kappa shape index (κ1) is 13.0. The van der Waals surface area contributed by atoms with Gasteiger partial charge in [-0.1, -0.05) is 22.0 Å². The van der Waals surface area contributed by atoms with E-state index in [1.807, 2.05) is 6.07 Å². The summed E-state index contributed by atoms with van der Waals surface area (Å²) in [5.41, 5.74) is 2.08. The van der Waals surface area contributed by atoms with Gasteiger partial charge in [-0.15, -0.1) is 0 Å². The number of nitrogens with one attached hydrogen (secondary N) is 1. The molecule has 0 amide bonds. The van der Waals surface area contributed by atoms with Gasteiger partial charge in [-0.25, -0.2) is 8.78 Å². The lowest BCUT2D eigenvalue weighted by Gasteiger charge is -2.10. The number of hydrogen-bond donors (Lipinski definition) is 1. The number of anilines is 1. The van der Waals surface area contributed by atoms with Crippen LogP contribution in [0.1, 0.15) is 11.1 Å². The normalized spacial score (nSPS) is 10.4. The Kier molecular flexibility index (Phi) is 3.97. The molecule has 0 aliphatic carbocycles. The van der Waals surface area contributed by atoms with Crippen molar-refractivity contribution in [2.24, 2.45) is 0 Å². The second kappa shape index (κ2) is 5.48. The van der Waals surface area contributed by atoms with E-state index in [1.54, 1.807) is 19.1 Å². The van der Waals surface area contributed by atoms with Crippen molar-refractivity contribution in [1.29, 1.82) is 0 Å². The molecule has 0 aliphatic heterocycles. The minimum absolute atomic E-state index is 0.250. The molecule has 0 aromatic heterocycles. The molecule has 4 heteroatoms. The van der Waals surface area contributed by atoms with Gasteiger partial charge in [-0.2, -0.15) is 0 Å². The molecule has 0 bridgehead atoms. The summed E-state index contributed by atoms with van der Waals surface area (Å²) in [6.45, 7) is 2.15. The summed E-state index contributed by atoms with van der Waals surface area (Å²) < 4.78 is 27.2. The molecule has 1 N–H and O–H groups in total. The molecule has 0 saturated carbocycles. The Bertz CT molecular complexity index is 549.